The van der Waals surface area contributed by atoms with Crippen molar-refractivity contribution < 1.29 is 4.79 Å². The molecular weight excluding hydrogens is 280 g/mol. The molecule has 0 radical (unpaired) electrons. The Morgan fingerprint density at radius 1 is 1.10 bits per heavy atom. The van der Waals surface area contributed by atoms with E-state index in [-0.39, 0.29) is 5.91 Å². The Balaban J connectivity index is 1.95. The fourth-order valence-corrected chi connectivity index (χ4v) is 2.81. The van der Waals surface area contributed by atoms with E-state index in [0.29, 0.717) is 11.5 Å². The fraction of sp³-hybridized carbons (Fsp3) is 0.235. The quantitative estimate of drug-likeness (QED) is 0.383. The Morgan fingerprint density at radius 2 is 1.71 bits per heavy atom. The Labute approximate surface area is 129 Å². The molecule has 0 saturated heterocycles. The Bertz CT molecular complexity index is 591. The summed E-state index contributed by atoms with van der Waals surface area (Å²) in [5, 5.41) is 0. The molecule has 0 aliphatic rings. The van der Waals surface area contributed by atoms with Gasteiger partial charge in [-0.1, -0.05) is 38.1 Å². The zero-order valence-corrected chi connectivity index (χ0v) is 13.1. The molecular formula is C17H20N2OS. The Hall–Kier alpha value is -1.78. The number of nitrogens with two attached hydrogens (primary N) is 1. The van der Waals surface area contributed by atoms with E-state index in [0.717, 1.165) is 5.75 Å². The largest absolute Gasteiger partial charge is 0.290 e. The van der Waals surface area contributed by atoms with Crippen molar-refractivity contribution in [3.05, 3.63) is 65.2 Å². The maximum absolute atomic E-state index is 11.3. The van der Waals surface area contributed by atoms with Crippen LogP contribution in [0.1, 0.15) is 41.3 Å². The third-order valence-corrected chi connectivity index (χ3v) is 4.38. The lowest BCUT2D eigenvalue weighted by atomic mass is 10.0. The fourth-order valence-electron chi connectivity index (χ4n) is 1.95. The number of nitrogen functional groups attached to an aromatic ring is 1. The summed E-state index contributed by atoms with van der Waals surface area (Å²) < 4.78 is 0. The third kappa shape index (κ3) is 4.34. The second-order valence-electron chi connectivity index (χ2n) is 5.18. The minimum Gasteiger partial charge on any atom is -0.290 e. The van der Waals surface area contributed by atoms with Crippen molar-refractivity contribution >= 4 is 17.7 Å². The molecule has 4 heteroatoms. The van der Waals surface area contributed by atoms with Gasteiger partial charge in [0.15, 0.2) is 0 Å². The summed E-state index contributed by atoms with van der Waals surface area (Å²) >= 11 is 1.79. The summed E-state index contributed by atoms with van der Waals surface area (Å²) in [6.07, 6.45) is 0. The minimum absolute atomic E-state index is 0.265. The first kappa shape index (κ1) is 15.6. The topological polar surface area (TPSA) is 55.1 Å². The highest BCUT2D eigenvalue weighted by Gasteiger charge is 2.03. The molecule has 2 aromatic carbocycles. The number of amides is 1. The van der Waals surface area contributed by atoms with Crippen LogP contribution >= 0.6 is 11.8 Å². The van der Waals surface area contributed by atoms with E-state index < -0.39 is 0 Å². The number of rotatable bonds is 5. The SMILES string of the molecule is CC(C)c1ccc(SCc2ccc(C(=O)NN)cc2)cc1. The second-order valence-corrected chi connectivity index (χ2v) is 6.23. The standard InChI is InChI=1S/C17H20N2OS/c1-12(2)14-7-9-16(10-8-14)21-11-13-3-5-15(6-4-13)17(20)19-18/h3-10,12H,11,18H2,1-2H3,(H,19,20). The first-order chi connectivity index (χ1) is 10.1. The lowest BCUT2D eigenvalue weighted by Crippen LogP contribution is -2.29. The number of hydrazine groups is 1. The maximum Gasteiger partial charge on any atom is 0.265 e. The monoisotopic (exact) mass is 300 g/mol. The molecule has 110 valence electrons. The first-order valence-corrected chi connectivity index (χ1v) is 7.91. The van der Waals surface area contributed by atoms with Gasteiger partial charge in [0.05, 0.1) is 0 Å². The average Bonchev–Trinajstić information content (AvgIpc) is 2.53. The van der Waals surface area contributed by atoms with Crippen LogP contribution in [0.3, 0.4) is 0 Å². The summed E-state index contributed by atoms with van der Waals surface area (Å²) in [6.45, 7) is 4.39. The number of thioether (sulfide) groups is 1. The van der Waals surface area contributed by atoms with Crippen molar-refractivity contribution in [1.82, 2.24) is 5.43 Å². The van der Waals surface area contributed by atoms with Crippen LogP contribution in [0, 0.1) is 0 Å². The van der Waals surface area contributed by atoms with Gasteiger partial charge in [-0.05, 0) is 41.3 Å². The molecule has 2 rings (SSSR count). The van der Waals surface area contributed by atoms with Gasteiger partial charge in [0.2, 0.25) is 0 Å². The number of hydrogen-bond donors (Lipinski definition) is 2. The van der Waals surface area contributed by atoms with Crippen molar-refractivity contribution in [1.29, 1.82) is 0 Å². The van der Waals surface area contributed by atoms with E-state index in [1.807, 2.05) is 12.1 Å². The maximum atomic E-state index is 11.3. The van der Waals surface area contributed by atoms with Crippen molar-refractivity contribution in [2.45, 2.75) is 30.4 Å². The molecule has 0 saturated carbocycles. The highest BCUT2D eigenvalue weighted by Crippen LogP contribution is 2.25. The van der Waals surface area contributed by atoms with Gasteiger partial charge < -0.3 is 0 Å². The molecule has 0 bridgehead atoms. The molecule has 3 N–H and O–H groups in total. The van der Waals surface area contributed by atoms with Crippen LogP contribution in [0.25, 0.3) is 0 Å². The number of carbonyl (C=O) groups is 1. The molecule has 0 unspecified atom stereocenters. The van der Waals surface area contributed by atoms with E-state index in [1.54, 1.807) is 23.9 Å². The second kappa shape index (κ2) is 7.29. The van der Waals surface area contributed by atoms with Gasteiger partial charge in [-0.25, -0.2) is 5.84 Å². The molecule has 0 atom stereocenters. The lowest BCUT2D eigenvalue weighted by molar-refractivity contribution is 0.0953. The van der Waals surface area contributed by atoms with E-state index in [4.69, 9.17) is 5.84 Å². The predicted molar refractivity (Wildman–Crippen MR) is 88.2 cm³/mol. The zero-order chi connectivity index (χ0) is 15.2. The van der Waals surface area contributed by atoms with Gasteiger partial charge >= 0.3 is 0 Å². The van der Waals surface area contributed by atoms with E-state index in [9.17, 15) is 4.79 Å². The molecule has 0 spiro atoms. The van der Waals surface area contributed by atoms with Gasteiger partial charge in [-0.2, -0.15) is 0 Å². The van der Waals surface area contributed by atoms with Gasteiger partial charge in [-0.15, -0.1) is 11.8 Å². The number of hydrogen-bond acceptors (Lipinski definition) is 3. The lowest BCUT2D eigenvalue weighted by Gasteiger charge is -2.07. The molecule has 0 heterocycles. The molecule has 0 aliphatic carbocycles. The van der Waals surface area contributed by atoms with Crippen molar-refractivity contribution in [3.63, 3.8) is 0 Å². The normalized spacial score (nSPS) is 10.7. The van der Waals surface area contributed by atoms with Crippen LogP contribution in [-0.2, 0) is 5.75 Å². The van der Waals surface area contributed by atoms with Gasteiger partial charge in [-0.3, -0.25) is 10.2 Å². The van der Waals surface area contributed by atoms with Crippen molar-refractivity contribution in [2.75, 3.05) is 0 Å². The van der Waals surface area contributed by atoms with E-state index >= 15 is 0 Å². The molecule has 1 amide bonds. The predicted octanol–water partition coefficient (Wildman–Crippen LogP) is 3.71. The van der Waals surface area contributed by atoms with Crippen LogP contribution in [0.5, 0.6) is 0 Å². The van der Waals surface area contributed by atoms with Crippen molar-refractivity contribution in [2.24, 2.45) is 5.84 Å². The number of benzene rings is 2. The highest BCUT2D eigenvalue weighted by molar-refractivity contribution is 7.98. The summed E-state index contributed by atoms with van der Waals surface area (Å²) in [7, 11) is 0. The Kier molecular flexibility index (Phi) is 5.42. The van der Waals surface area contributed by atoms with Crippen LogP contribution in [-0.4, -0.2) is 5.91 Å². The molecule has 0 fully saturated rings. The van der Waals surface area contributed by atoms with Crippen LogP contribution in [0.2, 0.25) is 0 Å². The zero-order valence-electron chi connectivity index (χ0n) is 12.3. The van der Waals surface area contributed by atoms with Crippen LogP contribution < -0.4 is 11.3 Å². The smallest absolute Gasteiger partial charge is 0.265 e. The molecule has 3 nitrogen and oxygen atoms in total. The van der Waals surface area contributed by atoms with E-state index in [1.165, 1.54) is 16.0 Å². The number of nitrogens with one attached hydrogen (secondary N) is 1. The molecule has 21 heavy (non-hydrogen) atoms. The van der Waals surface area contributed by atoms with Crippen LogP contribution in [0.15, 0.2) is 53.4 Å². The summed E-state index contributed by atoms with van der Waals surface area (Å²) in [4.78, 5) is 12.6. The average molecular weight is 300 g/mol. The third-order valence-electron chi connectivity index (χ3n) is 3.30. The van der Waals surface area contributed by atoms with Gasteiger partial charge in [0.1, 0.15) is 0 Å². The van der Waals surface area contributed by atoms with Gasteiger partial charge in [0, 0.05) is 16.2 Å². The molecule has 2 aromatic rings. The Morgan fingerprint density at radius 3 is 2.24 bits per heavy atom. The summed E-state index contributed by atoms with van der Waals surface area (Å²) in [6, 6.07) is 16.2. The first-order valence-electron chi connectivity index (χ1n) is 6.93. The van der Waals surface area contributed by atoms with Crippen LogP contribution in [0.4, 0.5) is 0 Å². The van der Waals surface area contributed by atoms with E-state index in [2.05, 4.69) is 43.5 Å². The molecule has 0 aliphatic heterocycles. The van der Waals surface area contributed by atoms with Crippen molar-refractivity contribution in [3.8, 4) is 0 Å². The minimum atomic E-state index is -0.265. The highest BCUT2D eigenvalue weighted by atomic mass is 32.2. The van der Waals surface area contributed by atoms with Gasteiger partial charge in [0.25, 0.3) is 5.91 Å². The summed E-state index contributed by atoms with van der Waals surface area (Å²) in [5.74, 6) is 6.28. The number of carbonyl (C=O) groups excluding carboxylic acids is 1. The summed E-state index contributed by atoms with van der Waals surface area (Å²) in [5.41, 5.74) is 5.24. The molecule has 0 aromatic heterocycles.